The number of methoxy groups -OCH3 is 1. The molecule has 132 valence electrons. The Morgan fingerprint density at radius 2 is 1.88 bits per heavy atom. The largest absolute Gasteiger partial charge is 0.496 e. The summed E-state index contributed by atoms with van der Waals surface area (Å²) in [5.41, 5.74) is 1.05. The van der Waals surface area contributed by atoms with Crippen molar-refractivity contribution in [3.63, 3.8) is 0 Å². The van der Waals surface area contributed by atoms with Crippen LogP contribution in [0.3, 0.4) is 0 Å². The van der Waals surface area contributed by atoms with E-state index in [0.29, 0.717) is 23.5 Å². The maximum atomic E-state index is 12.4. The van der Waals surface area contributed by atoms with Gasteiger partial charge in [0.05, 0.1) is 19.3 Å². The number of ketones is 1. The molecule has 0 aliphatic carbocycles. The fourth-order valence-electron chi connectivity index (χ4n) is 2.20. The van der Waals surface area contributed by atoms with Gasteiger partial charge in [-0.3, -0.25) is 4.79 Å². The number of ether oxygens (including phenoxy) is 3. The molecule has 0 aliphatic rings. The van der Waals surface area contributed by atoms with Gasteiger partial charge in [-0.05, 0) is 42.8 Å². The monoisotopic (exact) mass is 348 g/mol. The van der Waals surface area contributed by atoms with Crippen molar-refractivity contribution in [2.45, 2.75) is 13.5 Å². The highest BCUT2D eigenvalue weighted by atomic mass is 19.3. The molecule has 0 aliphatic heterocycles. The summed E-state index contributed by atoms with van der Waals surface area (Å²) in [5, 5.41) is 0. The van der Waals surface area contributed by atoms with E-state index in [1.807, 2.05) is 0 Å². The Morgan fingerprint density at radius 3 is 2.56 bits per heavy atom. The van der Waals surface area contributed by atoms with E-state index in [-0.39, 0.29) is 17.3 Å². The fourth-order valence-corrected chi connectivity index (χ4v) is 2.20. The summed E-state index contributed by atoms with van der Waals surface area (Å²) < 4.78 is 39.7. The molecule has 2 rings (SSSR count). The molecule has 0 aromatic heterocycles. The minimum Gasteiger partial charge on any atom is -0.496 e. The lowest BCUT2D eigenvalue weighted by molar-refractivity contribution is -0.0514. The average Bonchev–Trinajstić information content (AvgIpc) is 2.61. The van der Waals surface area contributed by atoms with Gasteiger partial charge in [0.1, 0.15) is 5.75 Å². The predicted octanol–water partition coefficient (Wildman–Crippen LogP) is 4.59. The van der Waals surface area contributed by atoms with Crippen molar-refractivity contribution < 1.29 is 27.8 Å². The zero-order chi connectivity index (χ0) is 18.2. The van der Waals surface area contributed by atoms with Crippen LogP contribution in [0.5, 0.6) is 17.2 Å². The van der Waals surface area contributed by atoms with Crippen molar-refractivity contribution in [2.75, 3.05) is 13.7 Å². The van der Waals surface area contributed by atoms with E-state index in [9.17, 15) is 13.6 Å². The Hall–Kier alpha value is -2.89. The molecule has 2 aromatic rings. The summed E-state index contributed by atoms with van der Waals surface area (Å²) in [6.07, 6.45) is 2.96. The Kier molecular flexibility index (Phi) is 6.51. The number of carbonyl (C=O) groups is 1. The summed E-state index contributed by atoms with van der Waals surface area (Å²) in [7, 11) is 1.49. The molecule has 25 heavy (non-hydrogen) atoms. The van der Waals surface area contributed by atoms with Gasteiger partial charge in [0.15, 0.2) is 17.3 Å². The third-order valence-electron chi connectivity index (χ3n) is 3.28. The number of benzene rings is 2. The van der Waals surface area contributed by atoms with Crippen molar-refractivity contribution >= 4 is 11.9 Å². The highest BCUT2D eigenvalue weighted by Crippen LogP contribution is 2.30. The van der Waals surface area contributed by atoms with Crippen LogP contribution in [0.2, 0.25) is 0 Å². The van der Waals surface area contributed by atoms with Gasteiger partial charge in [-0.1, -0.05) is 24.3 Å². The normalized spacial score (nSPS) is 10.9. The number of hydrogen-bond acceptors (Lipinski definition) is 4. The highest BCUT2D eigenvalue weighted by Gasteiger charge is 2.12. The first-order chi connectivity index (χ1) is 12.0. The number of carbonyl (C=O) groups excluding carboxylic acids is 1. The molecule has 0 saturated heterocycles. The molecule has 0 spiro atoms. The van der Waals surface area contributed by atoms with Crippen LogP contribution in [-0.2, 0) is 0 Å². The Bertz CT molecular complexity index is 757. The van der Waals surface area contributed by atoms with Crippen molar-refractivity contribution in [1.29, 1.82) is 0 Å². The minimum absolute atomic E-state index is 0.0509. The molecule has 0 atom stereocenters. The molecular weight excluding hydrogens is 330 g/mol. The van der Waals surface area contributed by atoms with E-state index in [4.69, 9.17) is 9.47 Å². The molecule has 0 unspecified atom stereocenters. The SMILES string of the molecule is CCOc1cc(/C=C/C(=O)c2ccccc2OC)ccc1OC(F)F. The molecule has 6 heteroatoms. The maximum absolute atomic E-state index is 12.4. The smallest absolute Gasteiger partial charge is 0.387 e. The summed E-state index contributed by atoms with van der Waals surface area (Å²) in [5.74, 6) is 0.385. The quantitative estimate of drug-likeness (QED) is 0.517. The van der Waals surface area contributed by atoms with Gasteiger partial charge in [-0.25, -0.2) is 0 Å². The zero-order valence-electron chi connectivity index (χ0n) is 13.9. The molecule has 0 saturated carbocycles. The van der Waals surface area contributed by atoms with Crippen LogP contribution in [0.15, 0.2) is 48.5 Å². The van der Waals surface area contributed by atoms with Crippen molar-refractivity contribution in [3.05, 3.63) is 59.7 Å². The lowest BCUT2D eigenvalue weighted by Gasteiger charge is -2.11. The predicted molar refractivity (Wildman–Crippen MR) is 90.6 cm³/mol. The first kappa shape index (κ1) is 18.4. The Labute approximate surface area is 144 Å². The van der Waals surface area contributed by atoms with Gasteiger partial charge in [-0.15, -0.1) is 0 Å². The van der Waals surface area contributed by atoms with Crippen LogP contribution in [0.1, 0.15) is 22.8 Å². The summed E-state index contributed by atoms with van der Waals surface area (Å²) in [4.78, 5) is 12.3. The third-order valence-corrected chi connectivity index (χ3v) is 3.28. The number of alkyl halides is 2. The standard InChI is InChI=1S/C19H18F2O4/c1-3-24-18-12-13(9-11-17(18)25-19(20)21)8-10-15(22)14-6-4-5-7-16(14)23-2/h4-12,19H,3H2,1-2H3/b10-8+. The van der Waals surface area contributed by atoms with Crippen molar-refractivity contribution in [2.24, 2.45) is 0 Å². The summed E-state index contributed by atoms with van der Waals surface area (Å²) in [6, 6.07) is 11.4. The number of halogens is 2. The number of hydrogen-bond donors (Lipinski definition) is 0. The molecule has 2 aromatic carbocycles. The fraction of sp³-hybridized carbons (Fsp3) is 0.211. The van der Waals surface area contributed by atoms with Crippen LogP contribution >= 0.6 is 0 Å². The van der Waals surface area contributed by atoms with Crippen LogP contribution < -0.4 is 14.2 Å². The molecule has 0 bridgehead atoms. The van der Waals surface area contributed by atoms with Crippen LogP contribution in [0, 0.1) is 0 Å². The Morgan fingerprint density at radius 1 is 1.12 bits per heavy atom. The van der Waals surface area contributed by atoms with E-state index < -0.39 is 6.61 Å². The minimum atomic E-state index is -2.94. The first-order valence-corrected chi connectivity index (χ1v) is 7.62. The summed E-state index contributed by atoms with van der Waals surface area (Å²) >= 11 is 0. The molecule has 0 N–H and O–H groups in total. The van der Waals surface area contributed by atoms with Gasteiger partial charge in [0.2, 0.25) is 0 Å². The molecule has 0 fully saturated rings. The lowest BCUT2D eigenvalue weighted by Crippen LogP contribution is -2.04. The number of allylic oxidation sites excluding steroid dienone is 1. The second-order valence-electron chi connectivity index (χ2n) is 4.92. The van der Waals surface area contributed by atoms with Crippen LogP contribution in [0.25, 0.3) is 6.08 Å². The van der Waals surface area contributed by atoms with Crippen LogP contribution in [0.4, 0.5) is 8.78 Å². The van der Waals surface area contributed by atoms with Crippen LogP contribution in [-0.4, -0.2) is 26.1 Å². The molecule has 0 amide bonds. The third kappa shape index (κ3) is 5.04. The molecule has 0 radical (unpaired) electrons. The molecule has 4 nitrogen and oxygen atoms in total. The van der Waals surface area contributed by atoms with Crippen molar-refractivity contribution in [3.8, 4) is 17.2 Å². The second-order valence-corrected chi connectivity index (χ2v) is 4.92. The van der Waals surface area contributed by atoms with Gasteiger partial charge in [0.25, 0.3) is 0 Å². The molecular formula is C19H18F2O4. The van der Waals surface area contributed by atoms with Gasteiger partial charge >= 0.3 is 6.61 Å². The average molecular weight is 348 g/mol. The van der Waals surface area contributed by atoms with Gasteiger partial charge in [0, 0.05) is 0 Å². The number of rotatable bonds is 8. The highest BCUT2D eigenvalue weighted by molar-refractivity contribution is 6.08. The van der Waals surface area contributed by atoms with Gasteiger partial charge in [-0.2, -0.15) is 8.78 Å². The Balaban J connectivity index is 2.22. The van der Waals surface area contributed by atoms with E-state index in [1.165, 1.54) is 25.3 Å². The topological polar surface area (TPSA) is 44.8 Å². The molecule has 0 heterocycles. The second kappa shape index (κ2) is 8.82. The van der Waals surface area contributed by atoms with E-state index >= 15 is 0 Å². The van der Waals surface area contributed by atoms with E-state index in [2.05, 4.69) is 4.74 Å². The summed E-state index contributed by atoms with van der Waals surface area (Å²) in [6.45, 7) is -0.903. The number of para-hydroxylation sites is 1. The maximum Gasteiger partial charge on any atom is 0.387 e. The van der Waals surface area contributed by atoms with E-state index in [0.717, 1.165) is 0 Å². The van der Waals surface area contributed by atoms with Gasteiger partial charge < -0.3 is 14.2 Å². The van der Waals surface area contributed by atoms with E-state index in [1.54, 1.807) is 43.3 Å². The lowest BCUT2D eigenvalue weighted by atomic mass is 10.1. The zero-order valence-corrected chi connectivity index (χ0v) is 13.9. The van der Waals surface area contributed by atoms with Crippen molar-refractivity contribution in [1.82, 2.24) is 0 Å². The first-order valence-electron chi connectivity index (χ1n) is 7.62.